The first kappa shape index (κ1) is 31.9. The molecule has 5 nitrogen and oxygen atoms in total. The normalized spacial score (nSPS) is 11.9. The van der Waals surface area contributed by atoms with Crippen molar-refractivity contribution in [3.8, 4) is 56.4 Å². The van der Waals surface area contributed by atoms with E-state index in [0.29, 0.717) is 17.5 Å². The number of fused-ring (bicyclic) bond motifs is 9. The third kappa shape index (κ3) is 5.12. The van der Waals surface area contributed by atoms with Gasteiger partial charge < -0.3 is 8.83 Å². The zero-order valence-corrected chi connectivity index (χ0v) is 31.1. The number of hydrogen-bond donors (Lipinski definition) is 0. The molecule has 0 unspecified atom stereocenters. The van der Waals surface area contributed by atoms with Crippen LogP contribution in [0.15, 0.2) is 185 Å². The molecule has 0 bridgehead atoms. The van der Waals surface area contributed by atoms with Crippen molar-refractivity contribution in [2.24, 2.45) is 0 Å². The smallest absolute Gasteiger partial charge is 0.164 e. The average Bonchev–Trinajstić information content (AvgIpc) is 3.98. The van der Waals surface area contributed by atoms with Crippen molar-refractivity contribution >= 4 is 75.4 Å². The molecule has 4 aromatic heterocycles. The van der Waals surface area contributed by atoms with E-state index < -0.39 is 0 Å². The molecule has 0 radical (unpaired) electrons. The number of aromatic nitrogens is 3. The highest BCUT2D eigenvalue weighted by Crippen LogP contribution is 2.46. The van der Waals surface area contributed by atoms with E-state index in [9.17, 15) is 0 Å². The second-order valence-corrected chi connectivity index (χ2v) is 15.4. The van der Waals surface area contributed by atoms with Gasteiger partial charge in [0, 0.05) is 69.5 Å². The van der Waals surface area contributed by atoms with Gasteiger partial charge in [-0.25, -0.2) is 15.0 Å². The van der Waals surface area contributed by atoms with Crippen molar-refractivity contribution in [3.05, 3.63) is 176 Å². The molecule has 57 heavy (non-hydrogen) atoms. The minimum atomic E-state index is 0.587. The van der Waals surface area contributed by atoms with E-state index >= 15 is 0 Å². The van der Waals surface area contributed by atoms with Gasteiger partial charge in [-0.15, -0.1) is 11.3 Å². The van der Waals surface area contributed by atoms with Crippen LogP contribution in [0.1, 0.15) is 0 Å². The van der Waals surface area contributed by atoms with Crippen molar-refractivity contribution in [1.82, 2.24) is 15.0 Å². The molecule has 0 saturated heterocycles. The summed E-state index contributed by atoms with van der Waals surface area (Å²) in [6.07, 6.45) is 0. The van der Waals surface area contributed by atoms with E-state index in [0.717, 1.165) is 77.3 Å². The van der Waals surface area contributed by atoms with Gasteiger partial charge in [0.15, 0.2) is 17.5 Å². The van der Waals surface area contributed by atoms with Crippen LogP contribution in [0.5, 0.6) is 0 Å². The van der Waals surface area contributed by atoms with Crippen LogP contribution in [0.25, 0.3) is 120 Å². The second-order valence-electron chi connectivity index (χ2n) is 14.3. The third-order valence-electron chi connectivity index (χ3n) is 11.0. The van der Waals surface area contributed by atoms with Crippen molar-refractivity contribution in [2.75, 3.05) is 0 Å². The molecule has 0 aliphatic heterocycles. The fourth-order valence-electron chi connectivity index (χ4n) is 8.26. The fraction of sp³-hybridized carbons (Fsp3) is 0. The first-order valence-electron chi connectivity index (χ1n) is 18.9. The average molecular weight is 748 g/mol. The Labute approximate surface area is 330 Å². The standard InChI is InChI=1S/C51H29N3O2S/c1-3-12-30(13-4-1)49-52-50(31-14-5-2-6-15-31)54-51(53-49)33-23-25-36-35-24-22-32(28-43(35)55-44(36)29-33)34-26-27-38(46-41-17-7-9-20-42(41)56-47(34)46)40-19-11-18-39-37-16-8-10-21-45(37)57-48(39)40/h1-29H. The monoisotopic (exact) mass is 747 g/mol. The number of hydrogen-bond acceptors (Lipinski definition) is 6. The predicted octanol–water partition coefficient (Wildman–Crippen LogP) is 14.4. The van der Waals surface area contributed by atoms with Crippen LogP contribution in [0.2, 0.25) is 0 Å². The number of rotatable bonds is 5. The summed E-state index contributed by atoms with van der Waals surface area (Å²) in [5, 5.41) is 6.85. The van der Waals surface area contributed by atoms with Crippen LogP contribution in [-0.4, -0.2) is 15.0 Å². The van der Waals surface area contributed by atoms with Gasteiger partial charge in [0.25, 0.3) is 0 Å². The maximum absolute atomic E-state index is 6.74. The van der Waals surface area contributed by atoms with Gasteiger partial charge in [-0.1, -0.05) is 133 Å². The number of thiophene rings is 1. The van der Waals surface area contributed by atoms with E-state index in [1.807, 2.05) is 84.1 Å². The van der Waals surface area contributed by atoms with Crippen molar-refractivity contribution < 1.29 is 8.83 Å². The van der Waals surface area contributed by atoms with E-state index in [1.54, 1.807) is 0 Å². The highest BCUT2D eigenvalue weighted by Gasteiger charge is 2.21. The molecule has 266 valence electrons. The summed E-state index contributed by atoms with van der Waals surface area (Å²) in [5.41, 5.74) is 10.4. The summed E-state index contributed by atoms with van der Waals surface area (Å²) < 4.78 is 16.0. The highest BCUT2D eigenvalue weighted by atomic mass is 32.1. The van der Waals surface area contributed by atoms with Crippen LogP contribution < -0.4 is 0 Å². The lowest BCUT2D eigenvalue weighted by atomic mass is 9.93. The van der Waals surface area contributed by atoms with Gasteiger partial charge in [-0.3, -0.25) is 0 Å². The summed E-state index contributed by atoms with van der Waals surface area (Å²) in [7, 11) is 0. The topological polar surface area (TPSA) is 65.0 Å². The number of benzene rings is 8. The quantitative estimate of drug-likeness (QED) is 0.175. The summed E-state index contributed by atoms with van der Waals surface area (Å²) >= 11 is 1.85. The molecular formula is C51H29N3O2S. The van der Waals surface area contributed by atoms with Crippen molar-refractivity contribution in [2.45, 2.75) is 0 Å². The van der Waals surface area contributed by atoms with Gasteiger partial charge in [0.05, 0.1) is 0 Å². The Balaban J connectivity index is 0.996. The van der Waals surface area contributed by atoms with E-state index in [2.05, 4.69) is 103 Å². The minimum absolute atomic E-state index is 0.587. The van der Waals surface area contributed by atoms with Gasteiger partial charge in [0.1, 0.15) is 22.3 Å². The lowest BCUT2D eigenvalue weighted by Crippen LogP contribution is -2.00. The second kappa shape index (κ2) is 12.6. The fourth-order valence-corrected chi connectivity index (χ4v) is 9.49. The molecular weight excluding hydrogens is 719 g/mol. The molecule has 0 aliphatic carbocycles. The lowest BCUT2D eigenvalue weighted by Gasteiger charge is -2.09. The zero-order chi connectivity index (χ0) is 37.5. The molecule has 0 amide bonds. The van der Waals surface area contributed by atoms with Gasteiger partial charge in [0.2, 0.25) is 0 Å². The summed E-state index contributed by atoms with van der Waals surface area (Å²) in [6.45, 7) is 0. The molecule has 8 aromatic carbocycles. The Hall–Kier alpha value is -7.41. The van der Waals surface area contributed by atoms with Crippen LogP contribution in [0.3, 0.4) is 0 Å². The summed E-state index contributed by atoms with van der Waals surface area (Å²) in [6, 6.07) is 60.8. The number of nitrogens with zero attached hydrogens (tertiary/aromatic N) is 3. The van der Waals surface area contributed by atoms with E-state index in [-0.39, 0.29) is 0 Å². The SMILES string of the molecule is c1ccc(-c2nc(-c3ccccc3)nc(-c3ccc4c(c3)oc3cc(-c5ccc(-c6cccc7c6sc6ccccc67)c6c5oc5ccccc56)ccc34)n2)cc1. The van der Waals surface area contributed by atoms with Crippen molar-refractivity contribution in [1.29, 1.82) is 0 Å². The molecule has 6 heteroatoms. The maximum Gasteiger partial charge on any atom is 0.164 e. The zero-order valence-electron chi connectivity index (χ0n) is 30.3. The Morgan fingerprint density at radius 2 is 0.930 bits per heavy atom. The van der Waals surface area contributed by atoms with Gasteiger partial charge >= 0.3 is 0 Å². The van der Waals surface area contributed by atoms with Crippen LogP contribution >= 0.6 is 11.3 Å². The molecule has 4 heterocycles. The Bertz CT molecular complexity index is 3470. The van der Waals surface area contributed by atoms with E-state index in [4.69, 9.17) is 23.8 Å². The molecule has 0 aliphatic rings. The maximum atomic E-state index is 6.74. The van der Waals surface area contributed by atoms with Gasteiger partial charge in [-0.05, 0) is 53.6 Å². The molecule has 0 spiro atoms. The lowest BCUT2D eigenvalue weighted by molar-refractivity contribution is 0.668. The predicted molar refractivity (Wildman–Crippen MR) is 234 cm³/mol. The van der Waals surface area contributed by atoms with Crippen LogP contribution in [-0.2, 0) is 0 Å². The van der Waals surface area contributed by atoms with E-state index in [1.165, 1.54) is 25.7 Å². The molecule has 0 saturated carbocycles. The third-order valence-corrected chi connectivity index (χ3v) is 12.2. The Morgan fingerprint density at radius 3 is 1.67 bits per heavy atom. The Kier molecular flexibility index (Phi) is 7.03. The molecule has 12 aromatic rings. The molecule has 0 atom stereocenters. The molecule has 0 fully saturated rings. The first-order chi connectivity index (χ1) is 28.2. The first-order valence-corrected chi connectivity index (χ1v) is 19.7. The van der Waals surface area contributed by atoms with Crippen LogP contribution in [0.4, 0.5) is 0 Å². The number of para-hydroxylation sites is 1. The van der Waals surface area contributed by atoms with Crippen molar-refractivity contribution in [3.63, 3.8) is 0 Å². The minimum Gasteiger partial charge on any atom is -0.456 e. The molecule has 0 N–H and O–H groups in total. The van der Waals surface area contributed by atoms with Gasteiger partial charge in [-0.2, -0.15) is 0 Å². The highest BCUT2D eigenvalue weighted by molar-refractivity contribution is 7.26. The molecule has 12 rings (SSSR count). The Morgan fingerprint density at radius 1 is 0.351 bits per heavy atom. The summed E-state index contributed by atoms with van der Waals surface area (Å²) in [4.78, 5) is 14.7. The van der Waals surface area contributed by atoms with Crippen LogP contribution in [0, 0.1) is 0 Å². The summed E-state index contributed by atoms with van der Waals surface area (Å²) in [5.74, 6) is 1.83. The largest absolute Gasteiger partial charge is 0.456 e. The number of furan rings is 2.